The van der Waals surface area contributed by atoms with Crippen molar-refractivity contribution in [3.63, 3.8) is 0 Å². The Balaban J connectivity index is 4.69. The zero-order chi connectivity index (χ0) is 14.2. The predicted molar refractivity (Wildman–Crippen MR) is 47.4 cm³/mol. The van der Waals surface area contributed by atoms with Crippen molar-refractivity contribution in [1.29, 1.82) is 0 Å². The average molecular weight is 270 g/mol. The summed E-state index contributed by atoms with van der Waals surface area (Å²) in [6, 6.07) is 0. The van der Waals surface area contributed by atoms with E-state index in [1.165, 1.54) is 0 Å². The molecule has 0 rings (SSSR count). The summed E-state index contributed by atoms with van der Waals surface area (Å²) in [5, 5.41) is 28.2. The van der Waals surface area contributed by atoms with Crippen molar-refractivity contribution in [3.8, 4) is 0 Å². The van der Waals surface area contributed by atoms with Crippen LogP contribution in [0.5, 0.6) is 0 Å². The molecule has 0 saturated carbocycles. The van der Waals surface area contributed by atoms with Gasteiger partial charge in [-0.25, -0.2) is 0 Å². The van der Waals surface area contributed by atoms with E-state index in [1.54, 1.807) is 0 Å². The Kier molecular flexibility index (Phi) is 5.67. The van der Waals surface area contributed by atoms with Gasteiger partial charge in [0.2, 0.25) is 0 Å². The van der Waals surface area contributed by atoms with Crippen LogP contribution in [0.15, 0.2) is 5.18 Å². The van der Waals surface area contributed by atoms with Crippen LogP contribution in [0.4, 0.5) is 0 Å². The molecule has 0 aliphatic carbocycles. The SMILES string of the molecule is O=NC(CO[N+](=O)[O-])(CO[N+](=O)[O-])CO[N+](=O)[O-]. The molecule has 0 aliphatic heterocycles. The van der Waals surface area contributed by atoms with Gasteiger partial charge in [-0.05, 0) is 0 Å². The smallest absolute Gasteiger partial charge is 0.294 e. The van der Waals surface area contributed by atoms with Crippen LogP contribution in [-0.4, -0.2) is 40.6 Å². The fraction of sp³-hybridized carbons (Fsp3) is 1.00. The van der Waals surface area contributed by atoms with Crippen molar-refractivity contribution in [2.75, 3.05) is 19.8 Å². The molecule has 0 atom stereocenters. The minimum atomic E-state index is -2.28. The lowest BCUT2D eigenvalue weighted by Gasteiger charge is -2.22. The number of hydrogen-bond donors (Lipinski definition) is 0. The second kappa shape index (κ2) is 6.71. The summed E-state index contributed by atoms with van der Waals surface area (Å²) in [5.74, 6) is 0. The second-order valence-corrected chi connectivity index (χ2v) is 2.81. The van der Waals surface area contributed by atoms with Crippen LogP contribution >= 0.6 is 0 Å². The highest BCUT2D eigenvalue weighted by Gasteiger charge is 2.37. The van der Waals surface area contributed by atoms with Crippen molar-refractivity contribution in [3.05, 3.63) is 35.3 Å². The molecule has 14 heteroatoms. The highest BCUT2D eigenvalue weighted by atomic mass is 17.0. The summed E-state index contributed by atoms with van der Waals surface area (Å²) in [5.41, 5.74) is -2.28. The van der Waals surface area contributed by atoms with E-state index in [1.807, 2.05) is 0 Å². The Bertz CT molecular complexity index is 297. The Morgan fingerprint density at radius 2 is 1.11 bits per heavy atom. The lowest BCUT2D eigenvalue weighted by molar-refractivity contribution is -0.778. The first kappa shape index (κ1) is 15.2. The van der Waals surface area contributed by atoms with Gasteiger partial charge in [-0.1, -0.05) is 5.18 Å². The summed E-state index contributed by atoms with van der Waals surface area (Å²) in [6.07, 6.45) is 0. The minimum absolute atomic E-state index is 1.09. The maximum absolute atomic E-state index is 10.5. The van der Waals surface area contributed by atoms with Crippen LogP contribution in [0.25, 0.3) is 0 Å². The van der Waals surface area contributed by atoms with E-state index in [4.69, 9.17) is 0 Å². The third-order valence-corrected chi connectivity index (χ3v) is 1.51. The molecule has 0 aromatic carbocycles. The fourth-order valence-corrected chi connectivity index (χ4v) is 0.723. The number of hydrogen-bond acceptors (Lipinski definition) is 11. The first-order chi connectivity index (χ1) is 8.31. The Morgan fingerprint density at radius 1 is 0.833 bits per heavy atom. The van der Waals surface area contributed by atoms with Crippen molar-refractivity contribution < 1.29 is 29.8 Å². The molecule has 0 saturated heterocycles. The zero-order valence-corrected chi connectivity index (χ0v) is 8.49. The lowest BCUT2D eigenvalue weighted by atomic mass is 10.1. The van der Waals surface area contributed by atoms with E-state index < -0.39 is 40.6 Å². The summed E-state index contributed by atoms with van der Waals surface area (Å²) in [4.78, 5) is 51.7. The Labute approximate surface area is 96.7 Å². The van der Waals surface area contributed by atoms with Crippen LogP contribution in [-0.2, 0) is 14.5 Å². The first-order valence-electron chi connectivity index (χ1n) is 3.98. The van der Waals surface area contributed by atoms with Crippen molar-refractivity contribution in [1.82, 2.24) is 0 Å². The first-order valence-corrected chi connectivity index (χ1v) is 3.98. The zero-order valence-electron chi connectivity index (χ0n) is 8.49. The normalized spacial score (nSPS) is 10.2. The van der Waals surface area contributed by atoms with Gasteiger partial charge in [0.25, 0.3) is 15.3 Å². The highest BCUT2D eigenvalue weighted by molar-refractivity contribution is 4.86. The van der Waals surface area contributed by atoms with Crippen LogP contribution in [0.3, 0.4) is 0 Å². The van der Waals surface area contributed by atoms with Crippen LogP contribution in [0.2, 0.25) is 0 Å². The van der Waals surface area contributed by atoms with Crippen molar-refractivity contribution >= 4 is 0 Å². The number of nitroso groups, excluding NO2 is 1. The molecule has 0 spiro atoms. The second-order valence-electron chi connectivity index (χ2n) is 2.81. The Morgan fingerprint density at radius 3 is 1.28 bits per heavy atom. The molecule has 0 unspecified atom stereocenters. The molecule has 0 fully saturated rings. The predicted octanol–water partition coefficient (Wildman–Crippen LogP) is -0.883. The quantitative estimate of drug-likeness (QED) is 0.273. The summed E-state index contributed by atoms with van der Waals surface area (Å²) < 4.78 is 0. The van der Waals surface area contributed by atoms with E-state index in [0.717, 1.165) is 0 Å². The van der Waals surface area contributed by atoms with Gasteiger partial charge in [0.05, 0.1) is 0 Å². The molecule has 102 valence electrons. The van der Waals surface area contributed by atoms with Crippen molar-refractivity contribution in [2.45, 2.75) is 5.54 Å². The van der Waals surface area contributed by atoms with Gasteiger partial charge >= 0.3 is 0 Å². The molecule has 0 aromatic heterocycles. The van der Waals surface area contributed by atoms with Crippen molar-refractivity contribution in [2.24, 2.45) is 5.18 Å². The highest BCUT2D eigenvalue weighted by Crippen LogP contribution is 2.14. The van der Waals surface area contributed by atoms with Gasteiger partial charge in [-0.3, -0.25) is 0 Å². The molecular weight excluding hydrogens is 264 g/mol. The molecule has 18 heavy (non-hydrogen) atoms. The van der Waals surface area contributed by atoms with E-state index in [0.29, 0.717) is 0 Å². The standard InChI is InChI=1S/C4H6N4O10/c9-5-4(1-16-6(10)11,2-17-7(12)13)3-18-8(14)15/h1-3H2. The molecule has 0 aliphatic rings. The monoisotopic (exact) mass is 270 g/mol. The van der Waals surface area contributed by atoms with Gasteiger partial charge < -0.3 is 14.5 Å². The molecule has 0 N–H and O–H groups in total. The van der Waals surface area contributed by atoms with Crippen LogP contribution < -0.4 is 0 Å². The molecule has 0 heterocycles. The topological polar surface area (TPSA) is 187 Å². The number of rotatable bonds is 10. The summed E-state index contributed by atoms with van der Waals surface area (Å²) in [7, 11) is 0. The maximum atomic E-state index is 10.5. The molecule has 0 aromatic rings. The largest absolute Gasteiger partial charge is 0.311 e. The summed E-state index contributed by atoms with van der Waals surface area (Å²) >= 11 is 0. The molecule has 0 radical (unpaired) electrons. The van der Waals surface area contributed by atoms with Gasteiger partial charge in [0, 0.05) is 0 Å². The lowest BCUT2D eigenvalue weighted by Crippen LogP contribution is -2.44. The van der Waals surface area contributed by atoms with Gasteiger partial charge in [-0.15, -0.1) is 30.3 Å². The average Bonchev–Trinajstić information content (AvgIpc) is 2.28. The minimum Gasteiger partial charge on any atom is -0.311 e. The van der Waals surface area contributed by atoms with E-state index in [9.17, 15) is 35.3 Å². The van der Waals surface area contributed by atoms with Gasteiger partial charge in [0.15, 0.2) is 5.54 Å². The maximum Gasteiger partial charge on any atom is 0.294 e. The molecular formula is C4H6N4O10. The van der Waals surface area contributed by atoms with E-state index >= 15 is 0 Å². The third-order valence-electron chi connectivity index (χ3n) is 1.51. The van der Waals surface area contributed by atoms with Crippen LogP contribution in [0, 0.1) is 35.3 Å². The third kappa shape index (κ3) is 5.93. The fourth-order valence-electron chi connectivity index (χ4n) is 0.723. The van der Waals surface area contributed by atoms with E-state index in [-0.39, 0.29) is 0 Å². The Hall–Kier alpha value is -2.80. The molecule has 0 bridgehead atoms. The molecule has 14 nitrogen and oxygen atoms in total. The summed E-state index contributed by atoms with van der Waals surface area (Å²) in [6.45, 7) is -3.28. The van der Waals surface area contributed by atoms with E-state index in [2.05, 4.69) is 19.7 Å². The van der Waals surface area contributed by atoms with Crippen LogP contribution in [0.1, 0.15) is 0 Å². The van der Waals surface area contributed by atoms with Gasteiger partial charge in [-0.2, -0.15) is 4.91 Å². The number of nitrogens with zero attached hydrogens (tertiary/aromatic N) is 4. The molecule has 0 amide bonds. The van der Waals surface area contributed by atoms with Gasteiger partial charge in [0.1, 0.15) is 19.8 Å².